The Hall–Kier alpha value is -2.71. The fourth-order valence-corrected chi connectivity index (χ4v) is 3.70. The molecule has 1 unspecified atom stereocenters. The quantitative estimate of drug-likeness (QED) is 0.749. The zero-order chi connectivity index (χ0) is 19.7. The van der Waals surface area contributed by atoms with Crippen molar-refractivity contribution in [3.63, 3.8) is 0 Å². The third-order valence-electron chi connectivity index (χ3n) is 5.74. The number of urea groups is 1. The summed E-state index contributed by atoms with van der Waals surface area (Å²) in [5.74, 6) is 0.0497. The van der Waals surface area contributed by atoms with E-state index in [4.69, 9.17) is 4.74 Å². The topological polar surface area (TPSA) is 105 Å². The highest BCUT2D eigenvalue weighted by Crippen LogP contribution is 2.39. The molecule has 3 fully saturated rings. The van der Waals surface area contributed by atoms with Crippen LogP contribution in [0.5, 0.6) is 5.88 Å². The smallest absolute Gasteiger partial charge is 0.323 e. The fourth-order valence-electron chi connectivity index (χ4n) is 3.70. The first-order valence-corrected chi connectivity index (χ1v) is 9.82. The molecule has 2 saturated heterocycles. The van der Waals surface area contributed by atoms with Crippen LogP contribution in [0.1, 0.15) is 37.3 Å². The average Bonchev–Trinajstić information content (AvgIpc) is 3.56. The second-order valence-corrected chi connectivity index (χ2v) is 7.77. The van der Waals surface area contributed by atoms with Crippen LogP contribution in [-0.2, 0) is 9.59 Å². The monoisotopic (exact) mass is 387 g/mol. The zero-order valence-corrected chi connectivity index (χ0v) is 16.0. The summed E-state index contributed by atoms with van der Waals surface area (Å²) in [6, 6.07) is 1.47. The van der Waals surface area contributed by atoms with Crippen LogP contribution in [0.2, 0.25) is 0 Å². The van der Waals surface area contributed by atoms with Gasteiger partial charge in [-0.1, -0.05) is 0 Å². The van der Waals surface area contributed by atoms with Gasteiger partial charge in [0.2, 0.25) is 17.7 Å². The molecule has 2 aliphatic heterocycles. The largest absolute Gasteiger partial charge is 0.477 e. The first-order chi connectivity index (χ1) is 13.5. The van der Waals surface area contributed by atoms with E-state index in [0.717, 1.165) is 23.4 Å². The van der Waals surface area contributed by atoms with E-state index in [9.17, 15) is 14.4 Å². The summed E-state index contributed by atoms with van der Waals surface area (Å²) >= 11 is 0. The minimum Gasteiger partial charge on any atom is -0.477 e. The summed E-state index contributed by atoms with van der Waals surface area (Å²) in [4.78, 5) is 47.6. The van der Waals surface area contributed by atoms with Crippen LogP contribution in [0.4, 0.5) is 4.79 Å². The van der Waals surface area contributed by atoms with Crippen LogP contribution in [0.25, 0.3) is 0 Å². The second kappa shape index (κ2) is 7.73. The molecule has 4 amide bonds. The third kappa shape index (κ3) is 3.93. The molecule has 0 spiro atoms. The minimum atomic E-state index is -0.822. The number of carbonyl (C=O) groups is 3. The number of hydrogen-bond acceptors (Lipinski definition) is 6. The van der Waals surface area contributed by atoms with Crippen LogP contribution in [0, 0.1) is 11.8 Å². The second-order valence-electron chi connectivity index (χ2n) is 7.77. The van der Waals surface area contributed by atoms with Gasteiger partial charge >= 0.3 is 6.03 Å². The Morgan fingerprint density at radius 2 is 1.96 bits per heavy atom. The SMILES string of the molecule is CN1C(=O)NCC(C(=O)N2CCC(COc3cc(C4CC4)ncn3)CC2)C1=O. The first-order valence-electron chi connectivity index (χ1n) is 9.82. The van der Waals surface area contributed by atoms with Crippen LogP contribution in [0.15, 0.2) is 12.4 Å². The highest BCUT2D eigenvalue weighted by molar-refractivity contribution is 6.08. The number of aromatic nitrogens is 2. The lowest BCUT2D eigenvalue weighted by Gasteiger charge is -2.36. The third-order valence-corrected chi connectivity index (χ3v) is 5.74. The van der Waals surface area contributed by atoms with Crippen LogP contribution in [0.3, 0.4) is 0 Å². The van der Waals surface area contributed by atoms with Gasteiger partial charge in [0, 0.05) is 38.7 Å². The molecule has 28 heavy (non-hydrogen) atoms. The molecule has 0 radical (unpaired) electrons. The Kier molecular flexibility index (Phi) is 5.15. The molecule has 1 saturated carbocycles. The Morgan fingerprint density at radius 3 is 2.68 bits per heavy atom. The number of rotatable bonds is 5. The van der Waals surface area contributed by atoms with E-state index in [-0.39, 0.29) is 12.5 Å². The molecular weight excluding hydrogens is 362 g/mol. The summed E-state index contributed by atoms with van der Waals surface area (Å²) < 4.78 is 5.86. The van der Waals surface area contributed by atoms with Gasteiger partial charge in [0.15, 0.2) is 0 Å². The van der Waals surface area contributed by atoms with Crippen molar-refractivity contribution in [1.82, 2.24) is 25.1 Å². The van der Waals surface area contributed by atoms with Crippen molar-refractivity contribution in [2.45, 2.75) is 31.6 Å². The molecule has 0 aromatic carbocycles. The maximum Gasteiger partial charge on any atom is 0.323 e. The number of hydrogen-bond donors (Lipinski definition) is 1. The van der Waals surface area contributed by atoms with Crippen molar-refractivity contribution in [2.24, 2.45) is 11.8 Å². The number of amides is 4. The molecule has 1 aromatic heterocycles. The Morgan fingerprint density at radius 1 is 1.21 bits per heavy atom. The van der Waals surface area contributed by atoms with Gasteiger partial charge in [-0.3, -0.25) is 14.5 Å². The van der Waals surface area contributed by atoms with Crippen LogP contribution >= 0.6 is 0 Å². The molecule has 3 aliphatic rings. The van der Waals surface area contributed by atoms with Crippen molar-refractivity contribution in [3.8, 4) is 5.88 Å². The summed E-state index contributed by atoms with van der Waals surface area (Å²) in [7, 11) is 1.39. The van der Waals surface area contributed by atoms with Crippen molar-refractivity contribution in [2.75, 3.05) is 33.3 Å². The Balaban J connectivity index is 1.25. The number of carbonyl (C=O) groups excluding carboxylic acids is 3. The van der Waals surface area contributed by atoms with Crippen molar-refractivity contribution in [1.29, 1.82) is 0 Å². The standard InChI is InChI=1S/C19H25N5O4/c1-23-17(25)14(9-20-19(23)27)18(26)24-6-4-12(5-7-24)10-28-16-8-15(13-2-3-13)21-11-22-16/h8,11-14H,2-7,9-10H2,1H3,(H,20,27). The molecule has 9 nitrogen and oxygen atoms in total. The zero-order valence-electron chi connectivity index (χ0n) is 16.0. The molecular formula is C19H25N5O4. The van der Waals surface area contributed by atoms with Crippen LogP contribution < -0.4 is 10.1 Å². The summed E-state index contributed by atoms with van der Waals surface area (Å²) in [6.45, 7) is 1.81. The van der Waals surface area contributed by atoms with E-state index >= 15 is 0 Å². The lowest BCUT2D eigenvalue weighted by molar-refractivity contribution is -0.146. The number of imide groups is 1. The maximum absolute atomic E-state index is 12.7. The van der Waals surface area contributed by atoms with Gasteiger partial charge < -0.3 is 15.0 Å². The predicted molar refractivity (Wildman–Crippen MR) is 98.5 cm³/mol. The number of piperidine rings is 1. The number of likely N-dealkylation sites (tertiary alicyclic amines) is 1. The molecule has 1 atom stereocenters. The normalized spacial score (nSPS) is 23.5. The van der Waals surface area contributed by atoms with Crippen molar-refractivity contribution in [3.05, 3.63) is 18.1 Å². The molecule has 1 aromatic rings. The Labute approximate surface area is 163 Å². The van der Waals surface area contributed by atoms with E-state index in [0.29, 0.717) is 37.4 Å². The molecule has 3 heterocycles. The van der Waals surface area contributed by atoms with E-state index in [1.807, 2.05) is 6.07 Å². The van der Waals surface area contributed by atoms with Crippen LogP contribution in [-0.4, -0.2) is 70.9 Å². The van der Waals surface area contributed by atoms with Crippen molar-refractivity contribution >= 4 is 17.8 Å². The van der Waals surface area contributed by atoms with Gasteiger partial charge in [0.05, 0.1) is 12.3 Å². The molecule has 1 aliphatic carbocycles. The van der Waals surface area contributed by atoms with E-state index in [1.54, 1.807) is 11.2 Å². The fraction of sp³-hybridized carbons (Fsp3) is 0.632. The number of nitrogens with zero attached hydrogens (tertiary/aromatic N) is 4. The number of ether oxygens (including phenoxy) is 1. The van der Waals surface area contributed by atoms with E-state index in [2.05, 4.69) is 15.3 Å². The molecule has 9 heteroatoms. The predicted octanol–water partition coefficient (Wildman–Crippen LogP) is 0.769. The summed E-state index contributed by atoms with van der Waals surface area (Å²) in [5.41, 5.74) is 1.06. The van der Waals surface area contributed by atoms with Gasteiger partial charge in [0.25, 0.3) is 0 Å². The van der Waals surface area contributed by atoms with E-state index in [1.165, 1.54) is 19.9 Å². The molecule has 0 bridgehead atoms. The first kappa shape index (κ1) is 18.6. The van der Waals surface area contributed by atoms with Gasteiger partial charge in [-0.05, 0) is 31.6 Å². The van der Waals surface area contributed by atoms with Gasteiger partial charge in [-0.15, -0.1) is 0 Å². The minimum absolute atomic E-state index is 0.0704. The maximum atomic E-state index is 12.7. The van der Waals surface area contributed by atoms with Gasteiger partial charge in [-0.25, -0.2) is 14.8 Å². The van der Waals surface area contributed by atoms with Crippen molar-refractivity contribution < 1.29 is 19.1 Å². The highest BCUT2D eigenvalue weighted by atomic mass is 16.5. The lowest BCUT2D eigenvalue weighted by Crippen LogP contribution is -2.58. The number of nitrogens with one attached hydrogen (secondary N) is 1. The average molecular weight is 387 g/mol. The highest BCUT2D eigenvalue weighted by Gasteiger charge is 2.39. The summed E-state index contributed by atoms with van der Waals surface area (Å²) in [5, 5.41) is 2.58. The molecule has 1 N–H and O–H groups in total. The molecule has 4 rings (SSSR count). The Bertz CT molecular complexity index is 773. The van der Waals surface area contributed by atoms with Gasteiger partial charge in [-0.2, -0.15) is 0 Å². The van der Waals surface area contributed by atoms with Gasteiger partial charge in [0.1, 0.15) is 12.2 Å². The molecule has 150 valence electrons. The van der Waals surface area contributed by atoms with E-state index < -0.39 is 17.9 Å². The summed E-state index contributed by atoms with van der Waals surface area (Å²) in [6.07, 6.45) is 5.56. The lowest BCUT2D eigenvalue weighted by atomic mass is 9.95.